The molecule has 27 heavy (non-hydrogen) atoms. The van der Waals surface area contributed by atoms with Gasteiger partial charge < -0.3 is 10.1 Å². The van der Waals surface area contributed by atoms with E-state index < -0.39 is 0 Å². The maximum absolute atomic E-state index is 12.6. The van der Waals surface area contributed by atoms with Crippen molar-refractivity contribution >= 4 is 22.4 Å². The molecule has 0 unspecified atom stereocenters. The Bertz CT molecular complexity index is 1070. The molecular weight excluding hydrogens is 334 g/mol. The van der Waals surface area contributed by atoms with Crippen molar-refractivity contribution in [2.75, 3.05) is 5.32 Å². The van der Waals surface area contributed by atoms with Crippen molar-refractivity contribution in [1.82, 2.24) is 0 Å². The average molecular weight is 353 g/mol. The van der Waals surface area contributed by atoms with Crippen molar-refractivity contribution in [2.24, 2.45) is 0 Å². The Balaban J connectivity index is 1.46. The number of amides is 1. The first-order chi connectivity index (χ1) is 13.3. The van der Waals surface area contributed by atoms with Crippen LogP contribution in [0.5, 0.6) is 5.75 Å². The van der Waals surface area contributed by atoms with Crippen LogP contribution in [0.1, 0.15) is 15.9 Å². The highest BCUT2D eigenvalue weighted by molar-refractivity contribution is 6.05. The topological polar surface area (TPSA) is 38.3 Å². The Hall–Kier alpha value is -3.59. The third-order valence-corrected chi connectivity index (χ3v) is 4.35. The number of hydrogen-bond donors (Lipinski definition) is 1. The second-order valence-electron chi connectivity index (χ2n) is 6.32. The van der Waals surface area contributed by atoms with Gasteiger partial charge in [-0.05, 0) is 46.7 Å². The molecule has 1 amide bonds. The van der Waals surface area contributed by atoms with Gasteiger partial charge in [-0.15, -0.1) is 0 Å². The third-order valence-electron chi connectivity index (χ3n) is 4.35. The Kier molecular flexibility index (Phi) is 4.84. The minimum Gasteiger partial charge on any atom is -0.489 e. The summed E-state index contributed by atoms with van der Waals surface area (Å²) in [6, 6.07) is 31.1. The predicted octanol–water partition coefficient (Wildman–Crippen LogP) is 5.67. The fourth-order valence-electron chi connectivity index (χ4n) is 2.94. The van der Waals surface area contributed by atoms with Crippen LogP contribution in [0, 0.1) is 0 Å². The van der Waals surface area contributed by atoms with E-state index in [4.69, 9.17) is 4.74 Å². The van der Waals surface area contributed by atoms with Gasteiger partial charge in [0, 0.05) is 11.3 Å². The summed E-state index contributed by atoms with van der Waals surface area (Å²) in [4.78, 5) is 12.6. The van der Waals surface area contributed by atoms with Crippen LogP contribution in [0.3, 0.4) is 0 Å². The minimum absolute atomic E-state index is 0.157. The van der Waals surface area contributed by atoms with Gasteiger partial charge in [0.05, 0.1) is 0 Å². The number of fused-ring (bicyclic) bond motifs is 1. The number of anilines is 1. The molecule has 132 valence electrons. The highest BCUT2D eigenvalue weighted by atomic mass is 16.5. The average Bonchev–Trinajstić information content (AvgIpc) is 2.73. The molecule has 0 fully saturated rings. The summed E-state index contributed by atoms with van der Waals surface area (Å²) < 4.78 is 5.81. The monoisotopic (exact) mass is 353 g/mol. The first-order valence-corrected chi connectivity index (χ1v) is 8.85. The Morgan fingerprint density at radius 3 is 2.37 bits per heavy atom. The number of carbonyl (C=O) groups is 1. The number of ether oxygens (including phenoxy) is 1. The molecule has 3 heteroatoms. The molecule has 4 aromatic rings. The van der Waals surface area contributed by atoms with E-state index in [-0.39, 0.29) is 5.91 Å². The van der Waals surface area contributed by atoms with Crippen LogP contribution in [-0.2, 0) is 6.61 Å². The van der Waals surface area contributed by atoms with Crippen molar-refractivity contribution < 1.29 is 9.53 Å². The van der Waals surface area contributed by atoms with Crippen LogP contribution in [0.2, 0.25) is 0 Å². The van der Waals surface area contributed by atoms with Gasteiger partial charge in [-0.1, -0.05) is 66.7 Å². The van der Waals surface area contributed by atoms with Crippen molar-refractivity contribution in [1.29, 1.82) is 0 Å². The summed E-state index contributed by atoms with van der Waals surface area (Å²) in [7, 11) is 0. The fourth-order valence-corrected chi connectivity index (χ4v) is 2.94. The zero-order valence-electron chi connectivity index (χ0n) is 14.8. The summed E-state index contributed by atoms with van der Waals surface area (Å²) in [5.41, 5.74) is 2.42. The fraction of sp³-hybridized carbons (Fsp3) is 0.0417. The van der Waals surface area contributed by atoms with Crippen LogP contribution in [-0.4, -0.2) is 5.91 Å². The van der Waals surface area contributed by atoms with E-state index in [1.807, 2.05) is 78.9 Å². The van der Waals surface area contributed by atoms with Gasteiger partial charge in [0.1, 0.15) is 12.4 Å². The molecule has 0 bridgehead atoms. The summed E-state index contributed by atoms with van der Waals surface area (Å²) in [6.07, 6.45) is 0. The molecule has 0 saturated carbocycles. The number of carbonyl (C=O) groups excluding carboxylic acids is 1. The Morgan fingerprint density at radius 2 is 1.52 bits per heavy atom. The van der Waals surface area contributed by atoms with Gasteiger partial charge in [-0.25, -0.2) is 0 Å². The quantitative estimate of drug-likeness (QED) is 0.502. The highest BCUT2D eigenvalue weighted by Crippen LogP contribution is 2.20. The molecule has 0 heterocycles. The highest BCUT2D eigenvalue weighted by Gasteiger charge is 2.08. The molecule has 1 N–H and O–H groups in total. The Morgan fingerprint density at radius 1 is 0.741 bits per heavy atom. The molecule has 0 saturated heterocycles. The van der Waals surface area contributed by atoms with Gasteiger partial charge in [0.2, 0.25) is 0 Å². The predicted molar refractivity (Wildman–Crippen MR) is 109 cm³/mol. The van der Waals surface area contributed by atoms with Crippen LogP contribution in [0.25, 0.3) is 10.8 Å². The van der Waals surface area contributed by atoms with Gasteiger partial charge in [0.25, 0.3) is 5.91 Å². The van der Waals surface area contributed by atoms with Gasteiger partial charge in [-0.2, -0.15) is 0 Å². The normalized spacial score (nSPS) is 10.5. The standard InChI is InChI=1S/C24H19NO2/c26-24(25-22-14-13-19-9-4-5-10-20(19)15-22)21-11-6-12-23(16-21)27-17-18-7-2-1-3-8-18/h1-16H,17H2,(H,25,26). The number of benzene rings is 4. The summed E-state index contributed by atoms with van der Waals surface area (Å²) in [5, 5.41) is 5.19. The molecule has 3 nitrogen and oxygen atoms in total. The van der Waals surface area contributed by atoms with Gasteiger partial charge in [-0.3, -0.25) is 4.79 Å². The van der Waals surface area contributed by atoms with E-state index in [0.29, 0.717) is 17.9 Å². The van der Waals surface area contributed by atoms with Crippen LogP contribution >= 0.6 is 0 Å². The van der Waals surface area contributed by atoms with Gasteiger partial charge in [0.15, 0.2) is 0 Å². The number of nitrogens with one attached hydrogen (secondary N) is 1. The van der Waals surface area contributed by atoms with Crippen LogP contribution < -0.4 is 10.1 Å². The lowest BCUT2D eigenvalue weighted by atomic mass is 10.1. The lowest BCUT2D eigenvalue weighted by molar-refractivity contribution is 0.102. The summed E-state index contributed by atoms with van der Waals surface area (Å²) in [6.45, 7) is 0.469. The molecule has 0 aliphatic rings. The van der Waals surface area contributed by atoms with E-state index in [2.05, 4.69) is 11.4 Å². The van der Waals surface area contributed by atoms with Crippen molar-refractivity contribution in [3.63, 3.8) is 0 Å². The molecular formula is C24H19NO2. The number of hydrogen-bond acceptors (Lipinski definition) is 2. The van der Waals surface area contributed by atoms with Crippen LogP contribution in [0.4, 0.5) is 5.69 Å². The summed E-state index contributed by atoms with van der Waals surface area (Å²) >= 11 is 0. The first-order valence-electron chi connectivity index (χ1n) is 8.85. The lowest BCUT2D eigenvalue weighted by Gasteiger charge is -2.09. The third kappa shape index (κ3) is 4.15. The second kappa shape index (κ2) is 7.75. The second-order valence-corrected chi connectivity index (χ2v) is 6.32. The molecule has 0 atom stereocenters. The molecule has 0 aliphatic carbocycles. The van der Waals surface area contributed by atoms with Crippen molar-refractivity contribution in [3.05, 3.63) is 108 Å². The maximum atomic E-state index is 12.6. The largest absolute Gasteiger partial charge is 0.489 e. The summed E-state index contributed by atoms with van der Waals surface area (Å²) in [5.74, 6) is 0.514. The molecule has 0 aromatic heterocycles. The van der Waals surface area contributed by atoms with Crippen LogP contribution in [0.15, 0.2) is 97.1 Å². The minimum atomic E-state index is -0.157. The zero-order chi connectivity index (χ0) is 18.5. The number of rotatable bonds is 5. The van der Waals surface area contributed by atoms with E-state index >= 15 is 0 Å². The van der Waals surface area contributed by atoms with E-state index in [9.17, 15) is 4.79 Å². The Labute approximate surface area is 158 Å². The molecule has 0 aliphatic heterocycles. The smallest absolute Gasteiger partial charge is 0.255 e. The molecule has 4 aromatic carbocycles. The van der Waals surface area contributed by atoms with Crippen molar-refractivity contribution in [3.8, 4) is 5.75 Å². The lowest BCUT2D eigenvalue weighted by Crippen LogP contribution is -2.12. The van der Waals surface area contributed by atoms with E-state index in [1.54, 1.807) is 12.1 Å². The molecule has 4 rings (SSSR count). The zero-order valence-corrected chi connectivity index (χ0v) is 14.8. The molecule has 0 spiro atoms. The SMILES string of the molecule is O=C(Nc1ccc2ccccc2c1)c1cccc(OCc2ccccc2)c1. The van der Waals surface area contributed by atoms with Gasteiger partial charge >= 0.3 is 0 Å². The maximum Gasteiger partial charge on any atom is 0.255 e. The van der Waals surface area contributed by atoms with E-state index in [0.717, 1.165) is 22.0 Å². The van der Waals surface area contributed by atoms with Crippen molar-refractivity contribution in [2.45, 2.75) is 6.61 Å². The first kappa shape index (κ1) is 16.9. The molecule has 0 radical (unpaired) electrons. The van der Waals surface area contributed by atoms with E-state index in [1.165, 1.54) is 0 Å².